The molecule has 11 nitrogen and oxygen atoms in total. The van der Waals surface area contributed by atoms with Crippen molar-refractivity contribution in [3.8, 4) is 0 Å². The van der Waals surface area contributed by atoms with Crippen molar-refractivity contribution in [1.29, 1.82) is 0 Å². The maximum absolute atomic E-state index is 12.6. The minimum atomic E-state index is -1.51. The van der Waals surface area contributed by atoms with E-state index in [0.29, 0.717) is 5.06 Å². The predicted molar refractivity (Wildman–Crippen MR) is 99.0 cm³/mol. The molecule has 0 spiro atoms. The molecule has 0 bridgehead atoms. The molecule has 166 valence electrons. The van der Waals surface area contributed by atoms with Gasteiger partial charge in [0.2, 0.25) is 6.29 Å². The summed E-state index contributed by atoms with van der Waals surface area (Å²) in [4.78, 5) is 65.7. The van der Waals surface area contributed by atoms with Gasteiger partial charge in [-0.05, 0) is 12.1 Å². The van der Waals surface area contributed by atoms with E-state index in [1.807, 2.05) is 0 Å². The molecule has 2 heterocycles. The Hall–Kier alpha value is -3.31. The third-order valence-corrected chi connectivity index (χ3v) is 4.66. The quantitative estimate of drug-likeness (QED) is 0.358. The van der Waals surface area contributed by atoms with Gasteiger partial charge in [0.05, 0.1) is 30.8 Å². The lowest BCUT2D eigenvalue weighted by Crippen LogP contribution is -2.55. The molecule has 0 radical (unpaired) electrons. The second-order valence-corrected chi connectivity index (χ2v) is 6.92. The Bertz CT molecular complexity index is 878. The van der Waals surface area contributed by atoms with Crippen LogP contribution in [0.5, 0.6) is 0 Å². The summed E-state index contributed by atoms with van der Waals surface area (Å²) in [6.07, 6.45) is -4.94. The van der Waals surface area contributed by atoms with E-state index in [0.717, 1.165) is 13.8 Å². The van der Waals surface area contributed by atoms with Gasteiger partial charge in [-0.1, -0.05) is 12.1 Å². The monoisotopic (exact) mass is 435 g/mol. The van der Waals surface area contributed by atoms with Crippen molar-refractivity contribution in [2.75, 3.05) is 7.11 Å². The Morgan fingerprint density at radius 3 is 2.13 bits per heavy atom. The highest BCUT2D eigenvalue weighted by Crippen LogP contribution is 2.31. The van der Waals surface area contributed by atoms with Crippen LogP contribution in [0.3, 0.4) is 0 Å². The Kier molecular flexibility index (Phi) is 6.66. The molecule has 1 aromatic rings. The number of esters is 3. The van der Waals surface area contributed by atoms with Crippen LogP contribution in [0, 0.1) is 0 Å². The van der Waals surface area contributed by atoms with Gasteiger partial charge in [0.25, 0.3) is 11.8 Å². The highest BCUT2D eigenvalue weighted by molar-refractivity contribution is 6.20. The third-order valence-electron chi connectivity index (χ3n) is 4.66. The van der Waals surface area contributed by atoms with Gasteiger partial charge in [-0.3, -0.25) is 24.0 Å². The van der Waals surface area contributed by atoms with Crippen molar-refractivity contribution < 1.29 is 47.8 Å². The highest BCUT2D eigenvalue weighted by atomic mass is 16.8. The molecule has 11 heteroatoms. The number of carbonyl (C=O) groups is 5. The van der Waals surface area contributed by atoms with Crippen LogP contribution in [0.2, 0.25) is 0 Å². The number of imide groups is 1. The molecule has 0 saturated carbocycles. The number of benzene rings is 1. The SMILES string of the molecule is COC(=O)C[C@@H]1C[C@H](OC(C)=O)[C@@H](OC(C)=O)[C@H](ON2C(=O)c3ccccc3C2=O)O1. The molecule has 2 amide bonds. The van der Waals surface area contributed by atoms with Gasteiger partial charge in [-0.25, -0.2) is 4.84 Å². The Morgan fingerprint density at radius 2 is 1.61 bits per heavy atom. The number of ether oxygens (including phenoxy) is 4. The summed E-state index contributed by atoms with van der Waals surface area (Å²) in [6, 6.07) is 6.11. The second-order valence-electron chi connectivity index (χ2n) is 6.92. The fraction of sp³-hybridized carbons (Fsp3) is 0.450. The number of methoxy groups -OCH3 is 1. The first-order chi connectivity index (χ1) is 14.7. The molecule has 2 aliphatic heterocycles. The van der Waals surface area contributed by atoms with Gasteiger partial charge in [-0.2, -0.15) is 0 Å². The molecule has 1 saturated heterocycles. The fourth-order valence-corrected chi connectivity index (χ4v) is 3.39. The number of hydroxylamine groups is 2. The largest absolute Gasteiger partial charge is 0.469 e. The van der Waals surface area contributed by atoms with Crippen LogP contribution in [0.25, 0.3) is 0 Å². The Labute approximate surface area is 177 Å². The van der Waals surface area contributed by atoms with Gasteiger partial charge < -0.3 is 18.9 Å². The summed E-state index contributed by atoms with van der Waals surface area (Å²) in [5.74, 6) is -3.46. The minimum Gasteiger partial charge on any atom is -0.469 e. The fourth-order valence-electron chi connectivity index (χ4n) is 3.39. The number of fused-ring (bicyclic) bond motifs is 1. The molecular weight excluding hydrogens is 414 g/mol. The number of carbonyl (C=O) groups excluding carboxylic acids is 5. The molecule has 3 rings (SSSR count). The zero-order chi connectivity index (χ0) is 22.7. The van der Waals surface area contributed by atoms with Crippen molar-refractivity contribution >= 4 is 29.7 Å². The zero-order valence-corrected chi connectivity index (χ0v) is 17.1. The molecule has 1 fully saturated rings. The standard InChI is InChI=1S/C20H21NO10/c1-10(22)28-15-8-12(9-16(24)27-3)30-20(17(15)29-11(2)23)31-21-18(25)13-6-4-5-7-14(13)19(21)26/h4-7,12,15,17,20H,8-9H2,1-3H3/t12-,15-,17+,20-/m0/s1. The van der Waals surface area contributed by atoms with Gasteiger partial charge in [0, 0.05) is 20.3 Å². The first-order valence-corrected chi connectivity index (χ1v) is 9.42. The van der Waals surface area contributed by atoms with E-state index in [1.54, 1.807) is 12.1 Å². The normalized spacial score (nSPS) is 25.1. The lowest BCUT2D eigenvalue weighted by Gasteiger charge is -2.40. The van der Waals surface area contributed by atoms with E-state index in [1.165, 1.54) is 19.2 Å². The maximum Gasteiger partial charge on any atom is 0.308 e. The number of hydrogen-bond donors (Lipinski definition) is 0. The Morgan fingerprint density at radius 1 is 1.03 bits per heavy atom. The van der Waals surface area contributed by atoms with Crippen molar-refractivity contribution in [1.82, 2.24) is 5.06 Å². The zero-order valence-electron chi connectivity index (χ0n) is 17.1. The predicted octanol–water partition coefficient (Wildman–Crippen LogP) is 0.756. The summed E-state index contributed by atoms with van der Waals surface area (Å²) in [7, 11) is 1.20. The summed E-state index contributed by atoms with van der Waals surface area (Å²) in [5.41, 5.74) is 0.269. The van der Waals surface area contributed by atoms with Crippen molar-refractivity contribution in [2.24, 2.45) is 0 Å². The lowest BCUT2D eigenvalue weighted by molar-refractivity contribution is -0.318. The molecule has 4 atom stereocenters. The van der Waals surface area contributed by atoms with Crippen LogP contribution in [0.1, 0.15) is 47.4 Å². The average Bonchev–Trinajstić information content (AvgIpc) is 2.95. The highest BCUT2D eigenvalue weighted by Gasteiger charge is 2.48. The van der Waals surface area contributed by atoms with Crippen LogP contribution in [0.15, 0.2) is 24.3 Å². The van der Waals surface area contributed by atoms with Gasteiger partial charge in [0.1, 0.15) is 6.10 Å². The van der Waals surface area contributed by atoms with E-state index < -0.39 is 54.3 Å². The molecule has 31 heavy (non-hydrogen) atoms. The van der Waals surface area contributed by atoms with Gasteiger partial charge in [0.15, 0.2) is 6.10 Å². The smallest absolute Gasteiger partial charge is 0.308 e. The molecule has 1 aromatic carbocycles. The average molecular weight is 435 g/mol. The van der Waals surface area contributed by atoms with Crippen LogP contribution in [0.4, 0.5) is 0 Å². The van der Waals surface area contributed by atoms with Gasteiger partial charge >= 0.3 is 17.9 Å². The molecule has 0 aromatic heterocycles. The van der Waals surface area contributed by atoms with Crippen LogP contribution in [-0.2, 0) is 38.2 Å². The number of nitrogens with zero attached hydrogens (tertiary/aromatic N) is 1. The maximum atomic E-state index is 12.6. The summed E-state index contributed by atoms with van der Waals surface area (Å²) in [5, 5.41) is 0.497. The van der Waals surface area contributed by atoms with E-state index in [9.17, 15) is 24.0 Å². The molecule has 0 unspecified atom stereocenters. The van der Waals surface area contributed by atoms with E-state index in [4.69, 9.17) is 19.0 Å². The number of hydrogen-bond acceptors (Lipinski definition) is 10. The van der Waals surface area contributed by atoms with Crippen molar-refractivity contribution in [3.63, 3.8) is 0 Å². The minimum absolute atomic E-state index is 0.00535. The Balaban J connectivity index is 1.88. The summed E-state index contributed by atoms with van der Waals surface area (Å²) < 4.78 is 20.8. The summed E-state index contributed by atoms with van der Waals surface area (Å²) >= 11 is 0. The molecule has 0 aliphatic carbocycles. The first kappa shape index (κ1) is 22.4. The van der Waals surface area contributed by atoms with E-state index in [2.05, 4.69) is 4.74 Å². The van der Waals surface area contributed by atoms with Crippen molar-refractivity contribution in [2.45, 2.75) is 51.3 Å². The summed E-state index contributed by atoms with van der Waals surface area (Å²) in [6.45, 7) is 2.29. The van der Waals surface area contributed by atoms with E-state index >= 15 is 0 Å². The molecular formula is C20H21NO10. The topological polar surface area (TPSA) is 135 Å². The third kappa shape index (κ3) is 4.89. The van der Waals surface area contributed by atoms with Crippen LogP contribution in [-0.4, -0.2) is 66.5 Å². The van der Waals surface area contributed by atoms with Crippen molar-refractivity contribution in [3.05, 3.63) is 35.4 Å². The second kappa shape index (κ2) is 9.23. The van der Waals surface area contributed by atoms with Crippen LogP contribution >= 0.6 is 0 Å². The first-order valence-electron chi connectivity index (χ1n) is 9.42. The number of rotatable bonds is 6. The van der Waals surface area contributed by atoms with E-state index in [-0.39, 0.29) is 24.0 Å². The molecule has 2 aliphatic rings. The molecule has 0 N–H and O–H groups in total. The van der Waals surface area contributed by atoms with Gasteiger partial charge in [-0.15, -0.1) is 5.06 Å². The number of amides is 2. The lowest BCUT2D eigenvalue weighted by atomic mass is 10.00. The van der Waals surface area contributed by atoms with Crippen LogP contribution < -0.4 is 0 Å².